The number of hydrogen-bond acceptors (Lipinski definition) is 2. The van der Waals surface area contributed by atoms with Crippen molar-refractivity contribution in [1.82, 2.24) is 10.3 Å². The molecule has 1 aromatic heterocycles. The monoisotopic (exact) mass is 252 g/mol. The van der Waals surface area contributed by atoms with E-state index in [-0.39, 0.29) is 11.6 Å². The van der Waals surface area contributed by atoms with Crippen LogP contribution in [0.2, 0.25) is 0 Å². The third kappa shape index (κ3) is 5.75. The van der Waals surface area contributed by atoms with Crippen LogP contribution in [0, 0.1) is 5.95 Å². The number of unbranched alkanes of at least 4 members (excludes halogenated alkanes) is 5. The van der Waals surface area contributed by atoms with Gasteiger partial charge >= 0.3 is 0 Å². The summed E-state index contributed by atoms with van der Waals surface area (Å²) in [6.45, 7) is 2.81. The maximum absolute atomic E-state index is 12.8. The van der Waals surface area contributed by atoms with Crippen LogP contribution in [0.4, 0.5) is 4.39 Å². The number of hydrogen-bond donors (Lipinski definition) is 1. The van der Waals surface area contributed by atoms with Crippen LogP contribution in [0.3, 0.4) is 0 Å². The lowest BCUT2D eigenvalue weighted by molar-refractivity contribution is 0.0947. The Bertz CT molecular complexity index is 369. The smallest absolute Gasteiger partial charge is 0.269 e. The van der Waals surface area contributed by atoms with Crippen molar-refractivity contribution in [3.05, 3.63) is 29.8 Å². The maximum atomic E-state index is 12.8. The van der Waals surface area contributed by atoms with E-state index in [0.29, 0.717) is 6.54 Å². The minimum atomic E-state index is -0.623. The molecule has 1 N–H and O–H groups in total. The fourth-order valence-electron chi connectivity index (χ4n) is 1.73. The molecule has 1 heterocycles. The van der Waals surface area contributed by atoms with Crippen LogP contribution in [-0.4, -0.2) is 17.4 Å². The molecule has 1 amide bonds. The maximum Gasteiger partial charge on any atom is 0.269 e. The lowest BCUT2D eigenvalue weighted by Crippen LogP contribution is -2.25. The molecular weight excluding hydrogens is 231 g/mol. The van der Waals surface area contributed by atoms with E-state index in [0.717, 1.165) is 12.8 Å². The Morgan fingerprint density at radius 2 is 1.94 bits per heavy atom. The van der Waals surface area contributed by atoms with Crippen molar-refractivity contribution in [2.75, 3.05) is 6.54 Å². The van der Waals surface area contributed by atoms with Gasteiger partial charge in [0.05, 0.1) is 0 Å². The molecule has 0 unspecified atom stereocenters. The second-order valence-electron chi connectivity index (χ2n) is 4.37. The summed E-state index contributed by atoms with van der Waals surface area (Å²) in [5, 5.41) is 2.75. The van der Waals surface area contributed by atoms with Gasteiger partial charge in [-0.1, -0.05) is 45.1 Å². The summed E-state index contributed by atoms with van der Waals surface area (Å²) in [6.07, 6.45) is 7.07. The Morgan fingerprint density at radius 1 is 1.22 bits per heavy atom. The van der Waals surface area contributed by atoms with Gasteiger partial charge in [0.15, 0.2) is 0 Å². The molecular formula is C14H21FN2O. The Hall–Kier alpha value is -1.45. The molecule has 0 aromatic carbocycles. The van der Waals surface area contributed by atoms with Gasteiger partial charge in [-0.3, -0.25) is 4.79 Å². The van der Waals surface area contributed by atoms with Gasteiger partial charge in [-0.2, -0.15) is 4.39 Å². The molecule has 1 aromatic rings. The zero-order chi connectivity index (χ0) is 13.2. The van der Waals surface area contributed by atoms with Gasteiger partial charge in [-0.15, -0.1) is 0 Å². The highest BCUT2D eigenvalue weighted by molar-refractivity contribution is 5.92. The zero-order valence-electron chi connectivity index (χ0n) is 10.9. The van der Waals surface area contributed by atoms with Gasteiger partial charge in [0, 0.05) is 6.54 Å². The van der Waals surface area contributed by atoms with Crippen molar-refractivity contribution in [3.8, 4) is 0 Å². The first-order chi connectivity index (χ1) is 8.74. The topological polar surface area (TPSA) is 42.0 Å². The second-order valence-corrected chi connectivity index (χ2v) is 4.37. The van der Waals surface area contributed by atoms with Crippen LogP contribution in [0.15, 0.2) is 18.2 Å². The predicted octanol–water partition coefficient (Wildman–Crippen LogP) is 3.31. The van der Waals surface area contributed by atoms with Crippen LogP contribution in [0.25, 0.3) is 0 Å². The highest BCUT2D eigenvalue weighted by Gasteiger charge is 2.06. The minimum absolute atomic E-state index is 0.140. The molecule has 18 heavy (non-hydrogen) atoms. The molecule has 0 atom stereocenters. The van der Waals surface area contributed by atoms with E-state index in [2.05, 4.69) is 17.2 Å². The Kier molecular flexibility index (Phi) is 6.99. The summed E-state index contributed by atoms with van der Waals surface area (Å²) in [4.78, 5) is 15.1. The summed E-state index contributed by atoms with van der Waals surface area (Å²) < 4.78 is 12.8. The summed E-state index contributed by atoms with van der Waals surface area (Å²) >= 11 is 0. The van der Waals surface area contributed by atoms with E-state index in [1.807, 2.05) is 0 Å². The third-order valence-electron chi connectivity index (χ3n) is 2.76. The molecule has 0 fully saturated rings. The summed E-state index contributed by atoms with van der Waals surface area (Å²) in [5.74, 6) is -0.926. The van der Waals surface area contributed by atoms with E-state index in [4.69, 9.17) is 0 Å². The zero-order valence-corrected chi connectivity index (χ0v) is 10.9. The van der Waals surface area contributed by atoms with E-state index < -0.39 is 5.95 Å². The summed E-state index contributed by atoms with van der Waals surface area (Å²) in [6, 6.07) is 4.23. The molecule has 4 heteroatoms. The second kappa shape index (κ2) is 8.61. The number of carbonyl (C=O) groups excluding carboxylic acids is 1. The number of nitrogens with zero attached hydrogens (tertiary/aromatic N) is 1. The number of amides is 1. The molecule has 0 aliphatic rings. The van der Waals surface area contributed by atoms with Crippen LogP contribution in [-0.2, 0) is 0 Å². The predicted molar refractivity (Wildman–Crippen MR) is 69.9 cm³/mol. The molecule has 3 nitrogen and oxygen atoms in total. The fraction of sp³-hybridized carbons (Fsp3) is 0.571. The summed E-state index contributed by atoms with van der Waals surface area (Å²) in [7, 11) is 0. The van der Waals surface area contributed by atoms with Gasteiger partial charge in [0.2, 0.25) is 5.95 Å². The molecule has 0 aliphatic carbocycles. The minimum Gasteiger partial charge on any atom is -0.351 e. The van der Waals surface area contributed by atoms with Crippen molar-refractivity contribution in [3.63, 3.8) is 0 Å². The SMILES string of the molecule is CCCCCCCCNC(=O)c1cccc(F)n1. The standard InChI is InChI=1S/C14H21FN2O/c1-2-3-4-5-6-7-11-16-14(18)12-9-8-10-13(15)17-12/h8-10H,2-7,11H2,1H3,(H,16,18). The van der Waals surface area contributed by atoms with Crippen LogP contribution in [0.5, 0.6) is 0 Å². The molecule has 0 spiro atoms. The van der Waals surface area contributed by atoms with Gasteiger partial charge in [0.25, 0.3) is 5.91 Å². The number of nitrogens with one attached hydrogen (secondary N) is 1. The summed E-state index contributed by atoms with van der Waals surface area (Å²) in [5.41, 5.74) is 0.140. The molecule has 0 aliphatic heterocycles. The average Bonchev–Trinajstić information content (AvgIpc) is 2.37. The molecule has 0 saturated carbocycles. The number of carbonyl (C=O) groups is 1. The first-order valence-electron chi connectivity index (χ1n) is 6.64. The van der Waals surface area contributed by atoms with Gasteiger partial charge < -0.3 is 5.32 Å². The number of halogens is 1. The molecule has 1 rings (SSSR count). The van der Waals surface area contributed by atoms with Crippen molar-refractivity contribution in [1.29, 1.82) is 0 Å². The van der Waals surface area contributed by atoms with Crippen molar-refractivity contribution in [2.24, 2.45) is 0 Å². The quantitative estimate of drug-likeness (QED) is 0.569. The third-order valence-corrected chi connectivity index (χ3v) is 2.76. The first kappa shape index (κ1) is 14.6. The van der Waals surface area contributed by atoms with Crippen LogP contribution < -0.4 is 5.32 Å². The Balaban J connectivity index is 2.14. The Morgan fingerprint density at radius 3 is 2.67 bits per heavy atom. The average molecular weight is 252 g/mol. The molecule has 100 valence electrons. The van der Waals surface area contributed by atoms with Crippen molar-refractivity contribution in [2.45, 2.75) is 45.4 Å². The molecule has 0 saturated heterocycles. The van der Waals surface area contributed by atoms with Crippen LogP contribution in [0.1, 0.15) is 55.9 Å². The Labute approximate surface area is 108 Å². The number of pyridine rings is 1. The van der Waals surface area contributed by atoms with E-state index >= 15 is 0 Å². The lowest BCUT2D eigenvalue weighted by Gasteiger charge is -2.04. The van der Waals surface area contributed by atoms with Gasteiger partial charge in [-0.05, 0) is 18.6 Å². The van der Waals surface area contributed by atoms with Gasteiger partial charge in [-0.25, -0.2) is 4.98 Å². The van der Waals surface area contributed by atoms with Crippen molar-refractivity contribution < 1.29 is 9.18 Å². The highest BCUT2D eigenvalue weighted by atomic mass is 19.1. The van der Waals surface area contributed by atoms with Crippen LogP contribution >= 0.6 is 0 Å². The number of aromatic nitrogens is 1. The first-order valence-corrected chi connectivity index (χ1v) is 6.64. The fourth-order valence-corrected chi connectivity index (χ4v) is 1.73. The normalized spacial score (nSPS) is 10.3. The molecule has 0 bridgehead atoms. The lowest BCUT2D eigenvalue weighted by atomic mass is 10.1. The van der Waals surface area contributed by atoms with Gasteiger partial charge in [0.1, 0.15) is 5.69 Å². The highest BCUT2D eigenvalue weighted by Crippen LogP contribution is 2.04. The van der Waals surface area contributed by atoms with E-state index in [1.165, 1.54) is 43.9 Å². The van der Waals surface area contributed by atoms with E-state index in [1.54, 1.807) is 0 Å². The van der Waals surface area contributed by atoms with Crippen molar-refractivity contribution >= 4 is 5.91 Å². The van der Waals surface area contributed by atoms with E-state index in [9.17, 15) is 9.18 Å². The largest absolute Gasteiger partial charge is 0.351 e. The molecule has 0 radical (unpaired) electrons. The number of rotatable bonds is 8.